The number of carbonyl (C=O) groups is 2. The zero-order valence-electron chi connectivity index (χ0n) is 21.0. The zero-order chi connectivity index (χ0) is 26.6. The van der Waals surface area contributed by atoms with Gasteiger partial charge in [-0.05, 0) is 44.9 Å². The molecule has 1 aliphatic carbocycles. The lowest BCUT2D eigenvalue weighted by Gasteiger charge is -2.32. The quantitative estimate of drug-likeness (QED) is 0.503. The van der Waals surface area contributed by atoms with Crippen LogP contribution in [-0.4, -0.2) is 56.3 Å². The lowest BCUT2D eigenvalue weighted by molar-refractivity contribution is -0.139. The smallest absolute Gasteiger partial charge is 0.244 e. The van der Waals surface area contributed by atoms with Crippen molar-refractivity contribution in [3.05, 3.63) is 53.8 Å². The Bertz CT molecular complexity index is 1250. The molecule has 1 N–H and O–H groups in total. The number of hydrogen-bond donors (Lipinski definition) is 1. The van der Waals surface area contributed by atoms with Crippen LogP contribution in [0.3, 0.4) is 0 Å². The van der Waals surface area contributed by atoms with Gasteiger partial charge in [-0.1, -0.05) is 31.0 Å². The molecule has 200 valence electrons. The minimum Gasteiger partial charge on any atom is -0.454 e. The Morgan fingerprint density at radius 2 is 1.81 bits per heavy atom. The van der Waals surface area contributed by atoms with Crippen molar-refractivity contribution in [2.75, 3.05) is 23.4 Å². The summed E-state index contributed by atoms with van der Waals surface area (Å²) in [6.45, 7) is 2.32. The molecule has 2 aliphatic rings. The molecule has 1 aliphatic heterocycles. The number of sulfonamides is 1. The number of nitrogens with one attached hydrogen (secondary N) is 1. The Labute approximate surface area is 216 Å². The largest absolute Gasteiger partial charge is 0.454 e. The molecule has 0 bridgehead atoms. The van der Waals surface area contributed by atoms with Crippen LogP contribution in [0.1, 0.15) is 45.1 Å². The van der Waals surface area contributed by atoms with E-state index in [1.165, 1.54) is 42.2 Å². The van der Waals surface area contributed by atoms with Crippen LogP contribution >= 0.6 is 0 Å². The SMILES string of the molecule is CCS(=O)(=O)N(CC(=O)N(Cc1ccccc1F)C(C)C(=O)NC1CCCC1)c1ccc2c(c1)OCO2. The van der Waals surface area contributed by atoms with Crippen LogP contribution in [0.2, 0.25) is 0 Å². The molecular weight excluding hydrogens is 501 g/mol. The first-order chi connectivity index (χ1) is 17.7. The van der Waals surface area contributed by atoms with Gasteiger partial charge in [0.05, 0.1) is 11.4 Å². The predicted octanol–water partition coefficient (Wildman–Crippen LogP) is 3.19. The second-order valence-corrected chi connectivity index (χ2v) is 11.4. The molecular formula is C26H32FN3O6S. The maximum atomic E-state index is 14.5. The van der Waals surface area contributed by atoms with Crippen molar-refractivity contribution in [2.45, 2.75) is 58.2 Å². The van der Waals surface area contributed by atoms with Gasteiger partial charge in [0.1, 0.15) is 18.4 Å². The zero-order valence-corrected chi connectivity index (χ0v) is 21.8. The second-order valence-electron chi connectivity index (χ2n) is 9.22. The van der Waals surface area contributed by atoms with E-state index >= 15 is 0 Å². The molecule has 2 amide bonds. The lowest BCUT2D eigenvalue weighted by atomic mass is 10.1. The molecule has 0 spiro atoms. The summed E-state index contributed by atoms with van der Waals surface area (Å²) in [7, 11) is -3.89. The van der Waals surface area contributed by atoms with Crippen LogP contribution in [0.25, 0.3) is 0 Å². The second kappa shape index (κ2) is 11.4. The number of anilines is 1. The summed E-state index contributed by atoms with van der Waals surface area (Å²) in [4.78, 5) is 28.0. The van der Waals surface area contributed by atoms with Crippen molar-refractivity contribution < 1.29 is 31.9 Å². The number of halogens is 1. The number of amides is 2. The van der Waals surface area contributed by atoms with Crippen molar-refractivity contribution in [2.24, 2.45) is 0 Å². The summed E-state index contributed by atoms with van der Waals surface area (Å²) in [5.41, 5.74) is 0.456. The molecule has 1 unspecified atom stereocenters. The highest BCUT2D eigenvalue weighted by Crippen LogP contribution is 2.36. The van der Waals surface area contributed by atoms with Crippen LogP contribution in [0.4, 0.5) is 10.1 Å². The van der Waals surface area contributed by atoms with Crippen molar-refractivity contribution in [3.8, 4) is 11.5 Å². The Hall–Kier alpha value is -3.34. The summed E-state index contributed by atoms with van der Waals surface area (Å²) < 4.78 is 52.3. The summed E-state index contributed by atoms with van der Waals surface area (Å²) in [5, 5.41) is 2.98. The van der Waals surface area contributed by atoms with Gasteiger partial charge in [0, 0.05) is 24.2 Å². The predicted molar refractivity (Wildman–Crippen MR) is 136 cm³/mol. The monoisotopic (exact) mass is 533 g/mol. The average molecular weight is 534 g/mol. The average Bonchev–Trinajstić information content (AvgIpc) is 3.57. The molecule has 37 heavy (non-hydrogen) atoms. The number of hydrogen-bond acceptors (Lipinski definition) is 6. The fraction of sp³-hybridized carbons (Fsp3) is 0.462. The Morgan fingerprint density at radius 3 is 2.51 bits per heavy atom. The molecule has 1 heterocycles. The third kappa shape index (κ3) is 6.15. The third-order valence-electron chi connectivity index (χ3n) is 6.79. The maximum absolute atomic E-state index is 14.5. The van der Waals surface area contributed by atoms with E-state index in [2.05, 4.69) is 5.32 Å². The molecule has 9 nitrogen and oxygen atoms in total. The Balaban J connectivity index is 1.62. The molecule has 1 atom stereocenters. The molecule has 2 aromatic rings. The Kier molecular flexibility index (Phi) is 8.21. The number of rotatable bonds is 10. The first kappa shape index (κ1) is 26.7. The fourth-order valence-corrected chi connectivity index (χ4v) is 5.60. The van der Waals surface area contributed by atoms with E-state index in [1.54, 1.807) is 19.1 Å². The van der Waals surface area contributed by atoms with E-state index < -0.39 is 34.3 Å². The molecule has 0 aromatic heterocycles. The fourth-order valence-electron chi connectivity index (χ4n) is 4.54. The number of carbonyl (C=O) groups excluding carboxylic acids is 2. The van der Waals surface area contributed by atoms with Gasteiger partial charge in [-0.2, -0.15) is 0 Å². The van der Waals surface area contributed by atoms with E-state index in [9.17, 15) is 22.4 Å². The van der Waals surface area contributed by atoms with E-state index in [1.807, 2.05) is 0 Å². The minimum absolute atomic E-state index is 0.0162. The van der Waals surface area contributed by atoms with Gasteiger partial charge in [0.2, 0.25) is 28.6 Å². The van der Waals surface area contributed by atoms with Gasteiger partial charge in [0.15, 0.2) is 11.5 Å². The summed E-state index contributed by atoms with van der Waals surface area (Å²) >= 11 is 0. The van der Waals surface area contributed by atoms with Gasteiger partial charge in [0.25, 0.3) is 0 Å². The molecule has 11 heteroatoms. The van der Waals surface area contributed by atoms with Crippen LogP contribution in [0.5, 0.6) is 11.5 Å². The van der Waals surface area contributed by atoms with E-state index in [-0.39, 0.29) is 42.3 Å². The summed E-state index contributed by atoms with van der Waals surface area (Å²) in [6, 6.07) is 9.70. The number of nitrogens with zero attached hydrogens (tertiary/aromatic N) is 2. The van der Waals surface area contributed by atoms with Gasteiger partial charge in [-0.3, -0.25) is 13.9 Å². The van der Waals surface area contributed by atoms with Crippen LogP contribution in [0, 0.1) is 5.82 Å². The van der Waals surface area contributed by atoms with Crippen molar-refractivity contribution >= 4 is 27.5 Å². The minimum atomic E-state index is -3.89. The molecule has 0 radical (unpaired) electrons. The van der Waals surface area contributed by atoms with Crippen molar-refractivity contribution in [1.82, 2.24) is 10.2 Å². The molecule has 4 rings (SSSR count). The van der Waals surface area contributed by atoms with Gasteiger partial charge in [-0.25, -0.2) is 12.8 Å². The van der Waals surface area contributed by atoms with E-state index in [0.717, 1.165) is 30.0 Å². The van der Waals surface area contributed by atoms with Gasteiger partial charge >= 0.3 is 0 Å². The molecule has 1 fully saturated rings. The lowest BCUT2D eigenvalue weighted by Crippen LogP contribution is -2.52. The summed E-state index contributed by atoms with van der Waals surface area (Å²) in [5.74, 6) is -0.912. The first-order valence-electron chi connectivity index (χ1n) is 12.4. The third-order valence-corrected chi connectivity index (χ3v) is 8.53. The number of ether oxygens (including phenoxy) is 2. The number of fused-ring (bicyclic) bond motifs is 1. The van der Waals surface area contributed by atoms with Gasteiger partial charge < -0.3 is 19.7 Å². The topological polar surface area (TPSA) is 105 Å². The number of benzene rings is 2. The highest BCUT2D eigenvalue weighted by atomic mass is 32.2. The van der Waals surface area contributed by atoms with E-state index in [4.69, 9.17) is 9.47 Å². The maximum Gasteiger partial charge on any atom is 0.244 e. The molecule has 1 saturated carbocycles. The van der Waals surface area contributed by atoms with Crippen LogP contribution in [0.15, 0.2) is 42.5 Å². The van der Waals surface area contributed by atoms with Crippen molar-refractivity contribution in [1.29, 1.82) is 0 Å². The van der Waals surface area contributed by atoms with Gasteiger partial charge in [-0.15, -0.1) is 0 Å². The van der Waals surface area contributed by atoms with Crippen molar-refractivity contribution in [3.63, 3.8) is 0 Å². The first-order valence-corrected chi connectivity index (χ1v) is 14.0. The highest BCUT2D eigenvalue weighted by Gasteiger charge is 2.33. The summed E-state index contributed by atoms with van der Waals surface area (Å²) in [6.07, 6.45) is 3.78. The van der Waals surface area contributed by atoms with Crippen LogP contribution < -0.4 is 19.1 Å². The Morgan fingerprint density at radius 1 is 1.11 bits per heavy atom. The standard InChI is InChI=1S/C26H32FN3O6S/c1-3-37(33,34)30(21-12-13-23-24(14-21)36-17-35-23)16-25(31)29(15-19-8-4-7-11-22(19)27)18(2)26(32)28-20-9-5-6-10-20/h4,7-8,11-14,18,20H,3,5-6,9-10,15-17H2,1-2H3,(H,28,32). The molecule has 2 aromatic carbocycles. The molecule has 0 saturated heterocycles. The van der Waals surface area contributed by atoms with Crippen LogP contribution in [-0.2, 0) is 26.2 Å². The normalized spacial score (nSPS) is 15.9. The highest BCUT2D eigenvalue weighted by molar-refractivity contribution is 7.92. The van der Waals surface area contributed by atoms with E-state index in [0.29, 0.717) is 11.5 Å².